The molecule has 1 unspecified atom stereocenters. The molecule has 1 heterocycles. The van der Waals surface area contributed by atoms with Gasteiger partial charge in [-0.15, -0.1) is 0 Å². The highest BCUT2D eigenvalue weighted by atomic mass is 35.5. The second-order valence-electron chi connectivity index (χ2n) is 4.20. The number of halogens is 2. The van der Waals surface area contributed by atoms with Gasteiger partial charge in [-0.1, -0.05) is 17.7 Å². The first-order chi connectivity index (χ1) is 8.18. The number of benzene rings is 1. The maximum Gasteiger partial charge on any atom is 0.165 e. The van der Waals surface area contributed by atoms with Gasteiger partial charge < -0.3 is 4.74 Å². The Morgan fingerprint density at radius 2 is 2.35 bits per heavy atom. The highest BCUT2D eigenvalue weighted by molar-refractivity contribution is 6.31. The van der Waals surface area contributed by atoms with E-state index in [-0.39, 0.29) is 22.5 Å². The van der Waals surface area contributed by atoms with Crippen molar-refractivity contribution in [1.82, 2.24) is 0 Å². The summed E-state index contributed by atoms with van der Waals surface area (Å²) in [5.41, 5.74) is 0.0792. The maximum absolute atomic E-state index is 13.6. The van der Waals surface area contributed by atoms with Gasteiger partial charge in [-0.05, 0) is 31.4 Å². The average molecular weight is 257 g/mol. The van der Waals surface area contributed by atoms with Crippen molar-refractivity contribution < 1.29 is 13.9 Å². The van der Waals surface area contributed by atoms with Gasteiger partial charge in [0.1, 0.15) is 0 Å². The zero-order chi connectivity index (χ0) is 12.3. The summed E-state index contributed by atoms with van der Waals surface area (Å²) in [4.78, 5) is 11.8. The molecule has 2 rings (SSSR count). The number of hydrogen-bond donors (Lipinski definition) is 0. The van der Waals surface area contributed by atoms with E-state index in [9.17, 15) is 9.18 Å². The largest absolute Gasteiger partial charge is 0.378 e. The molecule has 0 amide bonds. The minimum absolute atomic E-state index is 0.00651. The molecule has 0 spiro atoms. The quantitative estimate of drug-likeness (QED) is 0.769. The fraction of sp³-hybridized carbons (Fsp3) is 0.462. The predicted molar refractivity (Wildman–Crippen MR) is 63.9 cm³/mol. The second kappa shape index (κ2) is 5.61. The second-order valence-corrected chi connectivity index (χ2v) is 4.61. The van der Waals surface area contributed by atoms with Crippen molar-refractivity contribution in [2.45, 2.75) is 31.8 Å². The Bertz CT molecular complexity index is 414. The lowest BCUT2D eigenvalue weighted by Gasteiger charge is -2.08. The Balaban J connectivity index is 1.97. The first-order valence-corrected chi connectivity index (χ1v) is 6.15. The molecule has 1 aliphatic rings. The molecule has 1 saturated heterocycles. The Labute approximate surface area is 105 Å². The van der Waals surface area contributed by atoms with Crippen molar-refractivity contribution in [2.75, 3.05) is 6.61 Å². The lowest BCUT2D eigenvalue weighted by Crippen LogP contribution is -2.10. The van der Waals surface area contributed by atoms with Gasteiger partial charge in [0.25, 0.3) is 0 Å². The van der Waals surface area contributed by atoms with E-state index >= 15 is 0 Å². The van der Waals surface area contributed by atoms with Crippen LogP contribution in [0, 0.1) is 5.82 Å². The van der Waals surface area contributed by atoms with E-state index in [0.29, 0.717) is 12.8 Å². The van der Waals surface area contributed by atoms with E-state index in [2.05, 4.69) is 0 Å². The highest BCUT2D eigenvalue weighted by Crippen LogP contribution is 2.22. The van der Waals surface area contributed by atoms with Crippen molar-refractivity contribution in [3.63, 3.8) is 0 Å². The summed E-state index contributed by atoms with van der Waals surface area (Å²) in [5, 5.41) is -0.00651. The third kappa shape index (κ3) is 3.05. The molecule has 0 saturated carbocycles. The topological polar surface area (TPSA) is 26.3 Å². The highest BCUT2D eigenvalue weighted by Gasteiger charge is 2.19. The van der Waals surface area contributed by atoms with Crippen LogP contribution in [-0.2, 0) is 4.74 Å². The van der Waals surface area contributed by atoms with Gasteiger partial charge >= 0.3 is 0 Å². The first kappa shape index (κ1) is 12.5. The van der Waals surface area contributed by atoms with Gasteiger partial charge in [-0.25, -0.2) is 4.39 Å². The third-order valence-corrected chi connectivity index (χ3v) is 3.26. The Kier molecular flexibility index (Phi) is 4.13. The van der Waals surface area contributed by atoms with Crippen LogP contribution in [0.2, 0.25) is 5.02 Å². The zero-order valence-corrected chi connectivity index (χ0v) is 10.2. The average Bonchev–Trinajstić information content (AvgIpc) is 2.82. The van der Waals surface area contributed by atoms with Gasteiger partial charge in [0.05, 0.1) is 16.7 Å². The molecule has 92 valence electrons. The summed E-state index contributed by atoms with van der Waals surface area (Å²) >= 11 is 5.63. The fourth-order valence-electron chi connectivity index (χ4n) is 2.02. The molecule has 4 heteroatoms. The lowest BCUT2D eigenvalue weighted by molar-refractivity contribution is 0.0856. The van der Waals surface area contributed by atoms with Crippen molar-refractivity contribution in [1.29, 1.82) is 0 Å². The van der Waals surface area contributed by atoms with E-state index in [4.69, 9.17) is 16.3 Å². The normalized spacial score (nSPS) is 19.5. The number of rotatable bonds is 4. The first-order valence-electron chi connectivity index (χ1n) is 5.77. The summed E-state index contributed by atoms with van der Waals surface area (Å²) < 4.78 is 19.0. The molecule has 0 aliphatic carbocycles. The molecule has 17 heavy (non-hydrogen) atoms. The van der Waals surface area contributed by atoms with Crippen LogP contribution in [0.4, 0.5) is 4.39 Å². The van der Waals surface area contributed by atoms with Crippen LogP contribution in [0.25, 0.3) is 0 Å². The Hall–Kier alpha value is -0.930. The van der Waals surface area contributed by atoms with Crippen LogP contribution in [0.1, 0.15) is 36.0 Å². The molecule has 2 nitrogen and oxygen atoms in total. The van der Waals surface area contributed by atoms with Crippen LogP contribution in [0.3, 0.4) is 0 Å². The van der Waals surface area contributed by atoms with Crippen LogP contribution in [0.5, 0.6) is 0 Å². The van der Waals surface area contributed by atoms with Crippen molar-refractivity contribution in [2.24, 2.45) is 0 Å². The van der Waals surface area contributed by atoms with Crippen LogP contribution < -0.4 is 0 Å². The predicted octanol–water partition coefficient (Wildman–Crippen LogP) is 3.62. The van der Waals surface area contributed by atoms with Crippen molar-refractivity contribution in [3.05, 3.63) is 34.6 Å². The minimum atomic E-state index is -0.619. The molecule has 1 aromatic rings. The number of ether oxygens (including phenoxy) is 1. The number of carbonyl (C=O) groups excluding carboxylic acids is 1. The van der Waals surface area contributed by atoms with Crippen molar-refractivity contribution in [3.8, 4) is 0 Å². The number of hydrogen-bond acceptors (Lipinski definition) is 2. The summed E-state index contributed by atoms with van der Waals surface area (Å²) in [6.07, 6.45) is 3.16. The Morgan fingerprint density at radius 3 is 3.06 bits per heavy atom. The molecule has 0 aromatic heterocycles. The third-order valence-electron chi connectivity index (χ3n) is 2.97. The molecular formula is C13H14ClFO2. The van der Waals surface area contributed by atoms with Gasteiger partial charge in [0.2, 0.25) is 0 Å². The van der Waals surface area contributed by atoms with E-state index in [0.717, 1.165) is 19.4 Å². The molecule has 0 bridgehead atoms. The summed E-state index contributed by atoms with van der Waals surface area (Å²) in [6, 6.07) is 4.50. The minimum Gasteiger partial charge on any atom is -0.378 e. The summed E-state index contributed by atoms with van der Waals surface area (Å²) in [7, 11) is 0. The number of ketones is 1. The van der Waals surface area contributed by atoms with Crippen LogP contribution in [0.15, 0.2) is 18.2 Å². The van der Waals surface area contributed by atoms with Crippen LogP contribution in [-0.4, -0.2) is 18.5 Å². The SMILES string of the molecule is O=C(CCC1CCCO1)c1cccc(Cl)c1F. The molecule has 1 aliphatic heterocycles. The molecular weight excluding hydrogens is 243 g/mol. The molecule has 1 fully saturated rings. The molecule has 1 aromatic carbocycles. The molecule has 1 atom stereocenters. The summed E-state index contributed by atoms with van der Waals surface area (Å²) in [5.74, 6) is -0.827. The molecule has 0 radical (unpaired) electrons. The summed E-state index contributed by atoms with van der Waals surface area (Å²) in [6.45, 7) is 0.768. The Morgan fingerprint density at radius 1 is 1.53 bits per heavy atom. The smallest absolute Gasteiger partial charge is 0.165 e. The van der Waals surface area contributed by atoms with E-state index in [1.54, 1.807) is 6.07 Å². The van der Waals surface area contributed by atoms with Gasteiger partial charge in [-0.2, -0.15) is 0 Å². The monoisotopic (exact) mass is 256 g/mol. The molecule has 0 N–H and O–H groups in total. The van der Waals surface area contributed by atoms with E-state index in [1.807, 2.05) is 0 Å². The maximum atomic E-state index is 13.6. The van der Waals surface area contributed by atoms with E-state index < -0.39 is 5.82 Å². The zero-order valence-electron chi connectivity index (χ0n) is 9.42. The van der Waals surface area contributed by atoms with Crippen LogP contribution >= 0.6 is 11.6 Å². The van der Waals surface area contributed by atoms with Gasteiger partial charge in [0, 0.05) is 13.0 Å². The van der Waals surface area contributed by atoms with Gasteiger partial charge in [-0.3, -0.25) is 4.79 Å². The number of carbonyl (C=O) groups is 1. The number of Topliss-reactive ketones (excluding diaryl/α,β-unsaturated/α-hetero) is 1. The van der Waals surface area contributed by atoms with Crippen molar-refractivity contribution >= 4 is 17.4 Å². The fourth-order valence-corrected chi connectivity index (χ4v) is 2.19. The lowest BCUT2D eigenvalue weighted by atomic mass is 10.0. The van der Waals surface area contributed by atoms with E-state index in [1.165, 1.54) is 12.1 Å². The standard InChI is InChI=1S/C13H14ClFO2/c14-11-5-1-4-10(13(11)15)12(16)7-6-9-3-2-8-17-9/h1,4-5,9H,2-3,6-8H2. The van der Waals surface area contributed by atoms with Gasteiger partial charge in [0.15, 0.2) is 11.6 Å².